The molecule has 1 unspecified atom stereocenters. The fraction of sp³-hybridized carbons (Fsp3) is 0.462. The van der Waals surface area contributed by atoms with Crippen molar-refractivity contribution >= 4 is 15.7 Å². The van der Waals surface area contributed by atoms with Crippen LogP contribution in [0.2, 0.25) is 0 Å². The number of hydrogen-bond donors (Lipinski definition) is 1. The van der Waals surface area contributed by atoms with Crippen LogP contribution in [0.3, 0.4) is 0 Å². The summed E-state index contributed by atoms with van der Waals surface area (Å²) in [6.07, 6.45) is 0. The molecule has 0 heterocycles. The molecule has 1 atom stereocenters. The topological polar surface area (TPSA) is 106 Å². The zero-order valence-corrected chi connectivity index (χ0v) is 13.3. The van der Waals surface area contributed by atoms with E-state index in [1.807, 2.05) is 6.07 Å². The number of rotatable bonds is 6. The van der Waals surface area contributed by atoms with Gasteiger partial charge in [-0.15, -0.1) is 0 Å². The Labute approximate surface area is 124 Å². The van der Waals surface area contributed by atoms with Crippen molar-refractivity contribution in [1.29, 1.82) is 5.26 Å². The van der Waals surface area contributed by atoms with Crippen LogP contribution in [0.1, 0.15) is 6.92 Å². The normalized spacial score (nSPS) is 12.8. The molecule has 0 aliphatic heterocycles. The number of sulfonamides is 1. The predicted molar refractivity (Wildman–Crippen MR) is 78.6 cm³/mol. The van der Waals surface area contributed by atoms with Crippen molar-refractivity contribution in [2.45, 2.75) is 11.8 Å². The lowest BCUT2D eigenvalue weighted by Gasteiger charge is -2.20. The molecule has 0 spiro atoms. The standard InChI is InChI=1S/C13H19N3O4S/c1-9(7-14)8-16(2)21(17,18)13-5-10(15)11(19-3)6-12(13)20-4/h5-6,9H,8,15H2,1-4H3. The van der Waals surface area contributed by atoms with Gasteiger partial charge >= 0.3 is 0 Å². The van der Waals surface area contributed by atoms with Gasteiger partial charge in [0.05, 0.1) is 31.9 Å². The molecule has 1 aromatic rings. The number of ether oxygens (including phenoxy) is 2. The Balaban J connectivity index is 3.31. The summed E-state index contributed by atoms with van der Waals surface area (Å²) >= 11 is 0. The van der Waals surface area contributed by atoms with Gasteiger partial charge in [0.15, 0.2) is 0 Å². The third kappa shape index (κ3) is 3.56. The summed E-state index contributed by atoms with van der Waals surface area (Å²) in [5, 5.41) is 8.80. The van der Waals surface area contributed by atoms with Gasteiger partial charge in [-0.05, 0) is 13.0 Å². The van der Waals surface area contributed by atoms with Crippen LogP contribution in [0.25, 0.3) is 0 Å². The maximum absolute atomic E-state index is 12.6. The summed E-state index contributed by atoms with van der Waals surface area (Å²) in [5.74, 6) is 0.0442. The lowest BCUT2D eigenvalue weighted by Crippen LogP contribution is -2.31. The molecule has 0 saturated heterocycles. The van der Waals surface area contributed by atoms with Crippen LogP contribution < -0.4 is 15.2 Å². The number of nitrogens with zero attached hydrogens (tertiary/aromatic N) is 2. The summed E-state index contributed by atoms with van der Waals surface area (Å²) in [4.78, 5) is -0.0593. The van der Waals surface area contributed by atoms with Crippen LogP contribution in [0, 0.1) is 17.2 Å². The van der Waals surface area contributed by atoms with Crippen LogP contribution in [-0.2, 0) is 10.0 Å². The minimum atomic E-state index is -3.81. The van der Waals surface area contributed by atoms with Crippen molar-refractivity contribution < 1.29 is 17.9 Å². The number of anilines is 1. The van der Waals surface area contributed by atoms with Crippen LogP contribution in [0.15, 0.2) is 17.0 Å². The number of nitrogen functional groups attached to an aromatic ring is 1. The van der Waals surface area contributed by atoms with E-state index in [0.29, 0.717) is 5.75 Å². The van der Waals surface area contributed by atoms with Crippen molar-refractivity contribution in [3.8, 4) is 17.6 Å². The number of benzene rings is 1. The fourth-order valence-electron chi connectivity index (χ4n) is 1.79. The Morgan fingerprint density at radius 3 is 2.38 bits per heavy atom. The van der Waals surface area contributed by atoms with Crippen LogP contribution in [0.5, 0.6) is 11.5 Å². The van der Waals surface area contributed by atoms with Crippen LogP contribution in [0.4, 0.5) is 5.69 Å². The lowest BCUT2D eigenvalue weighted by molar-refractivity contribution is 0.383. The average molecular weight is 313 g/mol. The second-order valence-corrected chi connectivity index (χ2v) is 6.57. The van der Waals surface area contributed by atoms with Crippen molar-refractivity contribution in [3.63, 3.8) is 0 Å². The van der Waals surface area contributed by atoms with E-state index in [1.165, 1.54) is 33.4 Å². The van der Waals surface area contributed by atoms with E-state index < -0.39 is 15.9 Å². The molecule has 0 bridgehead atoms. The smallest absolute Gasteiger partial charge is 0.246 e. The van der Waals surface area contributed by atoms with Crippen molar-refractivity contribution in [1.82, 2.24) is 4.31 Å². The molecule has 116 valence electrons. The zero-order valence-electron chi connectivity index (χ0n) is 12.5. The molecule has 0 aromatic heterocycles. The number of hydrogen-bond acceptors (Lipinski definition) is 6. The quantitative estimate of drug-likeness (QED) is 0.787. The second kappa shape index (κ2) is 6.65. The van der Waals surface area contributed by atoms with Crippen molar-refractivity contribution in [2.75, 3.05) is 33.5 Å². The minimum Gasteiger partial charge on any atom is -0.495 e. The monoisotopic (exact) mass is 313 g/mol. The molecule has 1 aromatic carbocycles. The molecule has 0 aliphatic rings. The molecule has 0 radical (unpaired) electrons. The first-order chi connectivity index (χ1) is 9.77. The van der Waals surface area contributed by atoms with Gasteiger partial charge in [-0.2, -0.15) is 9.57 Å². The molecule has 7 nitrogen and oxygen atoms in total. The highest BCUT2D eigenvalue weighted by molar-refractivity contribution is 7.89. The van der Waals surface area contributed by atoms with E-state index in [0.717, 1.165) is 4.31 Å². The maximum Gasteiger partial charge on any atom is 0.246 e. The van der Waals surface area contributed by atoms with Gasteiger partial charge in [0.1, 0.15) is 16.4 Å². The van der Waals surface area contributed by atoms with E-state index in [-0.39, 0.29) is 22.9 Å². The van der Waals surface area contributed by atoms with E-state index in [1.54, 1.807) is 6.92 Å². The molecule has 0 amide bonds. The van der Waals surface area contributed by atoms with E-state index >= 15 is 0 Å². The van der Waals surface area contributed by atoms with E-state index in [2.05, 4.69) is 0 Å². The molecule has 2 N–H and O–H groups in total. The van der Waals surface area contributed by atoms with Gasteiger partial charge in [0.2, 0.25) is 10.0 Å². The second-order valence-electron chi connectivity index (χ2n) is 4.56. The summed E-state index contributed by atoms with van der Waals surface area (Å²) in [5.41, 5.74) is 5.96. The maximum atomic E-state index is 12.6. The molecular formula is C13H19N3O4S. The SMILES string of the molecule is COc1cc(OC)c(S(=O)(=O)N(C)CC(C)C#N)cc1N. The fourth-order valence-corrected chi connectivity index (χ4v) is 3.22. The van der Waals surface area contributed by atoms with E-state index in [4.69, 9.17) is 20.5 Å². The molecule has 8 heteroatoms. The van der Waals surface area contributed by atoms with Gasteiger partial charge < -0.3 is 15.2 Å². The summed E-state index contributed by atoms with van der Waals surface area (Å²) in [6, 6.07) is 4.71. The van der Waals surface area contributed by atoms with Gasteiger partial charge in [-0.25, -0.2) is 8.42 Å². The lowest BCUT2D eigenvalue weighted by atomic mass is 10.2. The van der Waals surface area contributed by atoms with Gasteiger partial charge in [-0.1, -0.05) is 0 Å². The van der Waals surface area contributed by atoms with Crippen molar-refractivity contribution in [3.05, 3.63) is 12.1 Å². The summed E-state index contributed by atoms with van der Waals surface area (Å²) in [6.45, 7) is 1.72. The minimum absolute atomic E-state index is 0.0593. The summed E-state index contributed by atoms with van der Waals surface area (Å²) in [7, 11) is 0.387. The first kappa shape index (κ1) is 17.1. The number of nitrogens with two attached hydrogens (primary N) is 1. The summed E-state index contributed by atoms with van der Waals surface area (Å²) < 4.78 is 36.4. The van der Waals surface area contributed by atoms with Crippen LogP contribution >= 0.6 is 0 Å². The van der Waals surface area contributed by atoms with Crippen LogP contribution in [-0.4, -0.2) is 40.5 Å². The molecule has 0 fully saturated rings. The highest BCUT2D eigenvalue weighted by atomic mass is 32.2. The average Bonchev–Trinajstić information content (AvgIpc) is 2.46. The molecule has 21 heavy (non-hydrogen) atoms. The first-order valence-electron chi connectivity index (χ1n) is 6.15. The van der Waals surface area contributed by atoms with Gasteiger partial charge in [-0.3, -0.25) is 0 Å². The Morgan fingerprint density at radius 2 is 1.90 bits per heavy atom. The Bertz CT molecular complexity index is 652. The van der Waals surface area contributed by atoms with Crippen molar-refractivity contribution in [2.24, 2.45) is 5.92 Å². The highest BCUT2D eigenvalue weighted by Crippen LogP contribution is 2.35. The molecule has 1 rings (SSSR count). The Morgan fingerprint density at radius 1 is 1.33 bits per heavy atom. The third-order valence-electron chi connectivity index (χ3n) is 2.96. The largest absolute Gasteiger partial charge is 0.495 e. The molecule has 0 aliphatic carbocycles. The van der Waals surface area contributed by atoms with Gasteiger partial charge in [0.25, 0.3) is 0 Å². The molecular weight excluding hydrogens is 294 g/mol. The zero-order chi connectivity index (χ0) is 16.2. The van der Waals surface area contributed by atoms with E-state index in [9.17, 15) is 8.42 Å². The van der Waals surface area contributed by atoms with Gasteiger partial charge in [0, 0.05) is 19.7 Å². The number of methoxy groups -OCH3 is 2. The molecule has 0 saturated carbocycles. The predicted octanol–water partition coefficient (Wildman–Crippen LogP) is 1.07. The Hall–Kier alpha value is -1.98. The third-order valence-corrected chi connectivity index (χ3v) is 4.80. The Kier molecular flexibility index (Phi) is 5.41. The number of nitriles is 1. The first-order valence-corrected chi connectivity index (χ1v) is 7.59. The highest BCUT2D eigenvalue weighted by Gasteiger charge is 2.27.